The summed E-state index contributed by atoms with van der Waals surface area (Å²) in [5.74, 6) is 0.632. The van der Waals surface area contributed by atoms with Crippen LogP contribution in [0.15, 0.2) is 48.3 Å². The van der Waals surface area contributed by atoms with E-state index in [2.05, 4.69) is 44.4 Å². The molecule has 2 aromatic heterocycles. The quantitative estimate of drug-likeness (QED) is 0.602. The second-order valence-corrected chi connectivity index (χ2v) is 7.57. The van der Waals surface area contributed by atoms with Gasteiger partial charge in [-0.1, -0.05) is 46.5 Å². The molecule has 3 aromatic rings. The lowest BCUT2D eigenvalue weighted by molar-refractivity contribution is 0.0993. The number of ketones is 1. The average Bonchev–Trinajstić information content (AvgIpc) is 3.16. The predicted octanol–water partition coefficient (Wildman–Crippen LogP) is 3.37. The predicted molar refractivity (Wildman–Crippen MR) is 112 cm³/mol. The molecule has 0 atom stereocenters. The van der Waals surface area contributed by atoms with Crippen molar-refractivity contribution in [1.29, 1.82) is 0 Å². The number of halogens is 1. The lowest BCUT2D eigenvalue weighted by Crippen LogP contribution is -2.31. The fourth-order valence-corrected chi connectivity index (χ4v) is 3.70. The molecule has 0 fully saturated rings. The van der Waals surface area contributed by atoms with Crippen LogP contribution in [0.4, 0.5) is 5.95 Å². The zero-order chi connectivity index (χ0) is 20.4. The number of anilines is 1. The van der Waals surface area contributed by atoms with Gasteiger partial charge >= 0.3 is 0 Å². The molecule has 1 aliphatic rings. The smallest absolute Gasteiger partial charge is 0.266 e. The SMILES string of the molecule is CC1=C(c2ccc(CC(=O)c3ccncc3Cl)cc2)CN(c2nnn(C)n2)CC1. The topological polar surface area (TPSA) is 76.8 Å². The summed E-state index contributed by atoms with van der Waals surface area (Å²) in [6, 6.07) is 9.81. The third-order valence-corrected chi connectivity index (χ3v) is 5.44. The zero-order valence-corrected chi connectivity index (χ0v) is 17.1. The zero-order valence-electron chi connectivity index (χ0n) is 16.3. The first-order valence-corrected chi connectivity index (χ1v) is 9.78. The number of pyridine rings is 1. The molecule has 0 spiro atoms. The summed E-state index contributed by atoms with van der Waals surface area (Å²) < 4.78 is 0. The van der Waals surface area contributed by atoms with Crippen molar-refractivity contribution < 1.29 is 4.79 Å². The Morgan fingerprint density at radius 1 is 1.21 bits per heavy atom. The molecule has 0 bridgehead atoms. The molecule has 8 heteroatoms. The Morgan fingerprint density at radius 2 is 2.00 bits per heavy atom. The third-order valence-electron chi connectivity index (χ3n) is 5.14. The molecule has 0 amide bonds. The van der Waals surface area contributed by atoms with Crippen molar-refractivity contribution in [1.82, 2.24) is 25.2 Å². The molecule has 1 aromatic carbocycles. The third kappa shape index (κ3) is 4.19. The summed E-state index contributed by atoms with van der Waals surface area (Å²) in [7, 11) is 1.77. The van der Waals surface area contributed by atoms with Gasteiger partial charge in [0.25, 0.3) is 5.95 Å². The van der Waals surface area contributed by atoms with E-state index in [1.807, 2.05) is 12.1 Å². The van der Waals surface area contributed by atoms with Crippen molar-refractivity contribution in [3.05, 3.63) is 70.0 Å². The summed E-state index contributed by atoms with van der Waals surface area (Å²) in [5.41, 5.74) is 5.22. The van der Waals surface area contributed by atoms with Gasteiger partial charge in [0.05, 0.1) is 12.1 Å². The van der Waals surface area contributed by atoms with Gasteiger partial charge in [-0.05, 0) is 41.3 Å². The molecular weight excluding hydrogens is 388 g/mol. The monoisotopic (exact) mass is 408 g/mol. The Balaban J connectivity index is 1.49. The Bertz CT molecular complexity index is 1070. The van der Waals surface area contributed by atoms with Crippen LogP contribution in [0.25, 0.3) is 5.57 Å². The number of carbonyl (C=O) groups excluding carboxylic acids is 1. The molecule has 0 radical (unpaired) electrons. The van der Waals surface area contributed by atoms with Crippen molar-refractivity contribution >= 4 is 28.9 Å². The van der Waals surface area contributed by atoms with Crippen LogP contribution in [0.1, 0.15) is 34.8 Å². The molecule has 0 N–H and O–H groups in total. The summed E-state index contributed by atoms with van der Waals surface area (Å²) in [6.45, 7) is 3.78. The highest BCUT2D eigenvalue weighted by Crippen LogP contribution is 2.28. The van der Waals surface area contributed by atoms with Crippen LogP contribution in [0.3, 0.4) is 0 Å². The van der Waals surface area contributed by atoms with E-state index in [0.29, 0.717) is 23.0 Å². The van der Waals surface area contributed by atoms with Crippen LogP contribution < -0.4 is 4.90 Å². The highest BCUT2D eigenvalue weighted by molar-refractivity contribution is 6.33. The molecule has 29 heavy (non-hydrogen) atoms. The molecule has 3 heterocycles. The largest absolute Gasteiger partial charge is 0.334 e. The van der Waals surface area contributed by atoms with Gasteiger partial charge in [0.1, 0.15) is 0 Å². The van der Waals surface area contributed by atoms with Crippen molar-refractivity contribution in [2.75, 3.05) is 18.0 Å². The van der Waals surface area contributed by atoms with Gasteiger partial charge in [-0.2, -0.15) is 4.80 Å². The van der Waals surface area contributed by atoms with Gasteiger partial charge < -0.3 is 4.90 Å². The second-order valence-electron chi connectivity index (χ2n) is 7.16. The molecular formula is C21H21ClN6O. The number of hydrogen-bond acceptors (Lipinski definition) is 6. The summed E-state index contributed by atoms with van der Waals surface area (Å²) in [4.78, 5) is 20.1. The van der Waals surface area contributed by atoms with Crippen molar-refractivity contribution in [2.45, 2.75) is 19.8 Å². The minimum absolute atomic E-state index is 0.0156. The number of Topliss-reactive ketones (excluding diaryl/α,β-unsaturated/α-hetero) is 1. The minimum Gasteiger partial charge on any atom is -0.334 e. The van der Waals surface area contributed by atoms with Crippen LogP contribution in [-0.4, -0.2) is 44.1 Å². The minimum atomic E-state index is -0.0156. The van der Waals surface area contributed by atoms with E-state index in [9.17, 15) is 4.79 Å². The van der Waals surface area contributed by atoms with Gasteiger partial charge in [-0.15, -0.1) is 5.10 Å². The number of nitrogens with zero attached hydrogens (tertiary/aromatic N) is 6. The number of benzene rings is 1. The molecule has 1 aliphatic heterocycles. The van der Waals surface area contributed by atoms with Gasteiger partial charge in [-0.3, -0.25) is 9.78 Å². The van der Waals surface area contributed by atoms with Crippen LogP contribution >= 0.6 is 11.6 Å². The number of aryl methyl sites for hydroxylation is 1. The molecule has 148 valence electrons. The summed E-state index contributed by atoms with van der Waals surface area (Å²) >= 11 is 6.08. The van der Waals surface area contributed by atoms with E-state index < -0.39 is 0 Å². The maximum absolute atomic E-state index is 12.5. The van der Waals surface area contributed by atoms with Gasteiger partial charge in [0, 0.05) is 37.5 Å². The maximum atomic E-state index is 12.5. The number of tetrazole rings is 1. The number of hydrogen-bond donors (Lipinski definition) is 0. The Hall–Kier alpha value is -3.06. The number of carbonyl (C=O) groups is 1. The van der Waals surface area contributed by atoms with Gasteiger partial charge in [0.15, 0.2) is 5.78 Å². The van der Waals surface area contributed by atoms with Gasteiger partial charge in [-0.25, -0.2) is 0 Å². The molecule has 0 aliphatic carbocycles. The Labute approximate surface area is 174 Å². The van der Waals surface area contributed by atoms with Crippen LogP contribution in [0, 0.1) is 0 Å². The number of aromatic nitrogens is 5. The maximum Gasteiger partial charge on any atom is 0.266 e. The Morgan fingerprint density at radius 3 is 2.69 bits per heavy atom. The van der Waals surface area contributed by atoms with E-state index in [-0.39, 0.29) is 5.78 Å². The van der Waals surface area contributed by atoms with Crippen LogP contribution in [0.2, 0.25) is 5.02 Å². The molecule has 0 saturated carbocycles. The highest BCUT2D eigenvalue weighted by atomic mass is 35.5. The highest BCUT2D eigenvalue weighted by Gasteiger charge is 2.21. The summed E-state index contributed by atoms with van der Waals surface area (Å²) in [6.07, 6.45) is 4.33. The standard InChI is InChI=1S/C21H21ClN6O/c1-14-8-10-28(21-24-26-27(2)25-21)13-18(14)16-5-3-15(4-6-16)11-20(29)17-7-9-23-12-19(17)22/h3-7,9,12H,8,10-11,13H2,1-2H3. The summed E-state index contributed by atoms with van der Waals surface area (Å²) in [5, 5.41) is 12.8. The van der Waals surface area contributed by atoms with Crippen molar-refractivity contribution in [2.24, 2.45) is 7.05 Å². The van der Waals surface area contributed by atoms with Crippen molar-refractivity contribution in [3.63, 3.8) is 0 Å². The first kappa shape index (κ1) is 19.3. The van der Waals surface area contributed by atoms with Crippen LogP contribution in [-0.2, 0) is 13.5 Å². The molecule has 4 rings (SSSR count). The lowest BCUT2D eigenvalue weighted by Gasteiger charge is -2.29. The van der Waals surface area contributed by atoms with E-state index in [1.165, 1.54) is 22.1 Å². The molecule has 0 unspecified atom stereocenters. The van der Waals surface area contributed by atoms with E-state index in [0.717, 1.165) is 30.6 Å². The van der Waals surface area contributed by atoms with E-state index >= 15 is 0 Å². The fourth-order valence-electron chi connectivity index (χ4n) is 3.47. The molecule has 7 nitrogen and oxygen atoms in total. The van der Waals surface area contributed by atoms with E-state index in [1.54, 1.807) is 19.3 Å². The van der Waals surface area contributed by atoms with E-state index in [4.69, 9.17) is 11.6 Å². The number of rotatable bonds is 5. The first-order valence-electron chi connectivity index (χ1n) is 9.41. The van der Waals surface area contributed by atoms with Gasteiger partial charge in [0.2, 0.25) is 0 Å². The van der Waals surface area contributed by atoms with Crippen LogP contribution in [0.5, 0.6) is 0 Å². The molecule has 0 saturated heterocycles. The van der Waals surface area contributed by atoms with Crippen molar-refractivity contribution in [3.8, 4) is 0 Å². The first-order chi connectivity index (χ1) is 14.0. The average molecular weight is 409 g/mol. The normalized spacial score (nSPS) is 14.4. The second kappa shape index (κ2) is 8.13. The fraction of sp³-hybridized carbons (Fsp3) is 0.286. The lowest BCUT2D eigenvalue weighted by atomic mass is 9.93. The Kier molecular flexibility index (Phi) is 5.40.